The van der Waals surface area contributed by atoms with E-state index in [4.69, 9.17) is 10.5 Å². The third kappa shape index (κ3) is 7.28. The zero-order chi connectivity index (χ0) is 30.1. The number of hydrogen-bond donors (Lipinski definition) is 2. The predicted molar refractivity (Wildman–Crippen MR) is 195 cm³/mol. The van der Waals surface area contributed by atoms with E-state index in [-0.39, 0.29) is 18.6 Å². The summed E-state index contributed by atoms with van der Waals surface area (Å²) in [6.45, 7) is 0.689. The first kappa shape index (κ1) is 33.5. The second-order valence-corrected chi connectivity index (χ2v) is 20.2. The van der Waals surface area contributed by atoms with Gasteiger partial charge in [-0.25, -0.2) is 9.98 Å². The molecule has 1 heterocycles. The van der Waals surface area contributed by atoms with Gasteiger partial charge in [-0.05, 0) is 0 Å². The summed E-state index contributed by atoms with van der Waals surface area (Å²) in [6, 6.07) is 41.1. The van der Waals surface area contributed by atoms with Crippen molar-refractivity contribution in [2.24, 2.45) is 15.7 Å². The molecule has 232 valence electrons. The quantitative estimate of drug-likeness (QED) is 0.128. The summed E-state index contributed by atoms with van der Waals surface area (Å²) < 4.78 is 6.09. The number of benzene rings is 4. The van der Waals surface area contributed by atoms with E-state index in [1.54, 1.807) is 0 Å². The van der Waals surface area contributed by atoms with Crippen LogP contribution in [-0.2, 0) is 0 Å². The molecule has 9 heteroatoms. The van der Waals surface area contributed by atoms with E-state index >= 15 is 0 Å². The van der Waals surface area contributed by atoms with E-state index in [9.17, 15) is 0 Å². The van der Waals surface area contributed by atoms with E-state index in [0.717, 1.165) is 43.2 Å². The van der Waals surface area contributed by atoms with E-state index in [2.05, 4.69) is 122 Å². The molecule has 0 radical (unpaired) electrons. The molecule has 0 spiro atoms. The van der Waals surface area contributed by atoms with E-state index in [1.807, 2.05) is 43.3 Å². The molecular weight excluding hydrogens is 653 g/mol. The van der Waals surface area contributed by atoms with Gasteiger partial charge in [0.05, 0.1) is 0 Å². The summed E-state index contributed by atoms with van der Waals surface area (Å²) in [4.78, 5) is 11.0. The molecule has 1 atom stereocenters. The first-order chi connectivity index (χ1) is 20.9. The van der Waals surface area contributed by atoms with Crippen molar-refractivity contribution in [3.63, 3.8) is 0 Å². The zero-order valence-corrected chi connectivity index (χ0v) is 28.6. The second kappa shape index (κ2) is 15.1. The van der Waals surface area contributed by atoms with Crippen LogP contribution in [0.2, 0.25) is 0 Å². The Kier molecular flexibility index (Phi) is 11.5. The number of guanidine groups is 2. The number of halogens is 2. The Bertz CT molecular complexity index is 1440. The van der Waals surface area contributed by atoms with Crippen molar-refractivity contribution in [2.45, 2.75) is 31.8 Å². The SMILES string of the molecule is CN(C)C1=NC(c2ccc(OCCCCCCP(Br)(c3ccccc3)(c3ccccc3)c3ccccc3)cc2)N=C(N)N1.Cl. The van der Waals surface area contributed by atoms with Crippen LogP contribution in [0.3, 0.4) is 0 Å². The van der Waals surface area contributed by atoms with Crippen molar-refractivity contribution >= 4 is 61.0 Å². The van der Waals surface area contributed by atoms with Crippen molar-refractivity contribution in [1.29, 1.82) is 0 Å². The number of nitrogens with zero attached hydrogens (tertiary/aromatic N) is 3. The number of hydrogen-bond acceptors (Lipinski definition) is 6. The summed E-state index contributed by atoms with van der Waals surface area (Å²) in [5, 5.41) is 4.26. The monoisotopic (exact) mass is 693 g/mol. The first-order valence-electron chi connectivity index (χ1n) is 14.9. The van der Waals surface area contributed by atoms with Gasteiger partial charge in [0.2, 0.25) is 5.96 Å². The summed E-state index contributed by atoms with van der Waals surface area (Å²) in [6.07, 6.45) is 5.08. The molecule has 1 aliphatic heterocycles. The number of nitrogens with one attached hydrogen (secondary N) is 1. The zero-order valence-electron chi connectivity index (χ0n) is 25.4. The van der Waals surface area contributed by atoms with Crippen LogP contribution in [0.5, 0.6) is 5.75 Å². The van der Waals surface area contributed by atoms with Crippen molar-refractivity contribution in [2.75, 3.05) is 26.9 Å². The van der Waals surface area contributed by atoms with Gasteiger partial charge in [-0.2, -0.15) is 0 Å². The maximum absolute atomic E-state index is 6.09. The van der Waals surface area contributed by atoms with Gasteiger partial charge in [0, 0.05) is 14.1 Å². The molecule has 5 rings (SSSR count). The minimum absolute atomic E-state index is 0. The van der Waals surface area contributed by atoms with Crippen LogP contribution >= 0.6 is 33.2 Å². The van der Waals surface area contributed by atoms with Crippen molar-refractivity contribution < 1.29 is 4.74 Å². The van der Waals surface area contributed by atoms with E-state index in [0.29, 0.717) is 18.5 Å². The van der Waals surface area contributed by atoms with Crippen molar-refractivity contribution in [1.82, 2.24) is 10.2 Å². The maximum atomic E-state index is 6.09. The fourth-order valence-corrected chi connectivity index (χ4v) is 13.4. The Morgan fingerprint density at radius 1 is 0.727 bits per heavy atom. The molecule has 1 aliphatic rings. The number of unbranched alkanes of at least 4 members (excludes halogenated alkanes) is 3. The molecular formula is C35H42BrClN5OP. The van der Waals surface area contributed by atoms with Crippen LogP contribution in [0.4, 0.5) is 0 Å². The molecule has 1 unspecified atom stereocenters. The topological polar surface area (TPSA) is 75.2 Å². The molecule has 0 aromatic heterocycles. The standard InChI is InChI=1S/C35H41BrN5OP.ClH/c1-41(2)35-39-33(38-34(37)40-35)28-22-24-29(25-23-28)42-26-14-3-4-15-27-43(36,30-16-8-5-9-17-30,31-18-10-6-11-19-31)32-20-12-7-13-21-32;/h5-13,16-25,33H,3-4,14-15,26-27H2,1-2H3,(H3,37,38,39,40);1H. The van der Waals surface area contributed by atoms with Gasteiger partial charge in [-0.15, -0.1) is 12.4 Å². The van der Waals surface area contributed by atoms with Gasteiger partial charge in [0.1, 0.15) is 0 Å². The second-order valence-electron chi connectivity index (χ2n) is 11.1. The molecule has 0 saturated heterocycles. The summed E-state index contributed by atoms with van der Waals surface area (Å²) in [7, 11) is 3.84. The minimum atomic E-state index is -2.85. The number of nitrogens with two attached hydrogens (primary N) is 1. The Morgan fingerprint density at radius 2 is 1.23 bits per heavy atom. The smallest absolute Gasteiger partial charge is 0.197 e. The molecule has 4 aromatic rings. The maximum Gasteiger partial charge on any atom is 0.197 e. The Hall–Kier alpha value is -3.38. The van der Waals surface area contributed by atoms with Crippen LogP contribution in [-0.4, -0.2) is 43.7 Å². The average Bonchev–Trinajstić information content (AvgIpc) is 3.05. The van der Waals surface area contributed by atoms with Gasteiger partial charge in [-0.3, -0.25) is 5.32 Å². The van der Waals surface area contributed by atoms with Gasteiger partial charge >= 0.3 is 213 Å². The summed E-state index contributed by atoms with van der Waals surface area (Å²) >= 11 is 4.56. The normalized spacial score (nSPS) is 15.4. The third-order valence-corrected chi connectivity index (χ3v) is 18.0. The predicted octanol–water partition coefficient (Wildman–Crippen LogP) is 6.72. The van der Waals surface area contributed by atoms with Crippen LogP contribution in [0.15, 0.2) is 125 Å². The van der Waals surface area contributed by atoms with Gasteiger partial charge in [0.25, 0.3) is 0 Å². The van der Waals surface area contributed by atoms with Crippen molar-refractivity contribution in [3.8, 4) is 5.75 Å². The molecule has 0 saturated carbocycles. The molecule has 4 aromatic carbocycles. The van der Waals surface area contributed by atoms with Gasteiger partial charge in [0.15, 0.2) is 5.96 Å². The Balaban J connectivity index is 0.00000442. The van der Waals surface area contributed by atoms with Crippen LogP contribution in [0.1, 0.15) is 37.4 Å². The fourth-order valence-electron chi connectivity index (χ4n) is 5.67. The summed E-state index contributed by atoms with van der Waals surface area (Å²) in [5.41, 5.74) is 6.94. The van der Waals surface area contributed by atoms with Gasteiger partial charge < -0.3 is 10.6 Å². The molecule has 6 nitrogen and oxygen atoms in total. The molecule has 0 bridgehead atoms. The van der Waals surface area contributed by atoms with Crippen LogP contribution in [0, 0.1) is 0 Å². The fraction of sp³-hybridized carbons (Fsp3) is 0.257. The molecule has 0 amide bonds. The molecule has 44 heavy (non-hydrogen) atoms. The third-order valence-electron chi connectivity index (χ3n) is 7.97. The van der Waals surface area contributed by atoms with Crippen molar-refractivity contribution in [3.05, 3.63) is 121 Å². The Labute approximate surface area is 275 Å². The molecule has 0 aliphatic carbocycles. The molecule has 3 N–H and O–H groups in total. The van der Waals surface area contributed by atoms with Crippen LogP contribution in [0.25, 0.3) is 0 Å². The largest absolute Gasteiger partial charge is 0.370 e. The summed E-state index contributed by atoms with van der Waals surface area (Å²) in [5.74, 6) is 1.92. The van der Waals surface area contributed by atoms with Gasteiger partial charge in [-0.1, -0.05) is 0 Å². The minimum Gasteiger partial charge on any atom is -0.370 e. The van der Waals surface area contributed by atoms with E-state index in [1.165, 1.54) is 15.9 Å². The number of aliphatic imine (C=N–C) groups is 2. The van der Waals surface area contributed by atoms with Crippen LogP contribution < -0.4 is 31.7 Å². The first-order valence-corrected chi connectivity index (χ1v) is 19.3. The van der Waals surface area contributed by atoms with E-state index < -0.39 is 5.31 Å². The number of rotatable bonds is 12. The number of ether oxygens (including phenoxy) is 1. The molecule has 0 fully saturated rings. The average molecular weight is 695 g/mol. The Morgan fingerprint density at radius 3 is 1.73 bits per heavy atom.